The SMILES string of the molecule is CCCCC(CC)COCC(O)CNC1(C)CCCCC1. The van der Waals surface area contributed by atoms with Gasteiger partial charge in [-0.25, -0.2) is 0 Å². The third kappa shape index (κ3) is 8.18. The number of hydrogen-bond acceptors (Lipinski definition) is 3. The molecule has 0 aromatic carbocycles. The van der Waals surface area contributed by atoms with Crippen molar-refractivity contribution in [1.82, 2.24) is 5.32 Å². The highest BCUT2D eigenvalue weighted by Gasteiger charge is 2.26. The van der Waals surface area contributed by atoms with Gasteiger partial charge in [-0.2, -0.15) is 0 Å². The first-order valence-corrected chi connectivity index (χ1v) is 9.10. The van der Waals surface area contributed by atoms with E-state index in [2.05, 4.69) is 26.1 Å². The second-order valence-electron chi connectivity index (χ2n) is 7.11. The summed E-state index contributed by atoms with van der Waals surface area (Å²) in [6.45, 7) is 8.66. The second kappa shape index (κ2) is 10.6. The van der Waals surface area contributed by atoms with E-state index in [0.717, 1.165) is 6.61 Å². The summed E-state index contributed by atoms with van der Waals surface area (Å²) >= 11 is 0. The van der Waals surface area contributed by atoms with E-state index < -0.39 is 0 Å². The van der Waals surface area contributed by atoms with E-state index in [9.17, 15) is 5.11 Å². The first-order valence-electron chi connectivity index (χ1n) is 9.10. The fraction of sp³-hybridized carbons (Fsp3) is 1.00. The van der Waals surface area contributed by atoms with Crippen molar-refractivity contribution in [3.05, 3.63) is 0 Å². The van der Waals surface area contributed by atoms with Crippen LogP contribution in [-0.4, -0.2) is 36.5 Å². The van der Waals surface area contributed by atoms with Crippen molar-refractivity contribution < 1.29 is 9.84 Å². The average molecular weight is 299 g/mol. The lowest BCUT2D eigenvalue weighted by molar-refractivity contribution is 0.0151. The lowest BCUT2D eigenvalue weighted by atomic mass is 9.83. The Bertz CT molecular complexity index is 252. The van der Waals surface area contributed by atoms with E-state index >= 15 is 0 Å². The largest absolute Gasteiger partial charge is 0.389 e. The molecule has 1 aliphatic rings. The second-order valence-corrected chi connectivity index (χ2v) is 7.11. The molecule has 1 saturated carbocycles. The Morgan fingerprint density at radius 2 is 1.86 bits per heavy atom. The number of unbranched alkanes of at least 4 members (excludes halogenated alkanes) is 1. The molecule has 0 spiro atoms. The van der Waals surface area contributed by atoms with Crippen LogP contribution in [0.2, 0.25) is 0 Å². The van der Waals surface area contributed by atoms with Gasteiger partial charge in [-0.3, -0.25) is 0 Å². The molecule has 3 heteroatoms. The molecule has 0 aliphatic heterocycles. The van der Waals surface area contributed by atoms with Gasteiger partial charge in [-0.1, -0.05) is 52.4 Å². The summed E-state index contributed by atoms with van der Waals surface area (Å²) in [6, 6.07) is 0. The molecule has 1 fully saturated rings. The van der Waals surface area contributed by atoms with Gasteiger partial charge < -0.3 is 15.2 Å². The quantitative estimate of drug-likeness (QED) is 0.608. The summed E-state index contributed by atoms with van der Waals surface area (Å²) in [5, 5.41) is 13.6. The Balaban J connectivity index is 2.11. The molecule has 0 aromatic rings. The molecule has 0 aromatic heterocycles. The monoisotopic (exact) mass is 299 g/mol. The molecule has 21 heavy (non-hydrogen) atoms. The van der Waals surface area contributed by atoms with Crippen molar-refractivity contribution in [2.75, 3.05) is 19.8 Å². The summed E-state index contributed by atoms with van der Waals surface area (Å²) in [6.07, 6.45) is 11.0. The highest BCUT2D eigenvalue weighted by Crippen LogP contribution is 2.27. The molecule has 2 unspecified atom stereocenters. The molecule has 0 amide bonds. The van der Waals surface area contributed by atoms with Crippen molar-refractivity contribution in [3.8, 4) is 0 Å². The summed E-state index contributed by atoms with van der Waals surface area (Å²) in [7, 11) is 0. The lowest BCUT2D eigenvalue weighted by Crippen LogP contribution is -2.47. The van der Waals surface area contributed by atoms with Gasteiger partial charge in [0, 0.05) is 18.7 Å². The third-order valence-electron chi connectivity index (χ3n) is 4.93. The minimum absolute atomic E-state index is 0.228. The van der Waals surface area contributed by atoms with E-state index in [1.807, 2.05) is 0 Å². The zero-order valence-corrected chi connectivity index (χ0v) is 14.5. The molecule has 2 atom stereocenters. The molecule has 0 heterocycles. The van der Waals surface area contributed by atoms with Crippen molar-refractivity contribution in [3.63, 3.8) is 0 Å². The molecular weight excluding hydrogens is 262 g/mol. The smallest absolute Gasteiger partial charge is 0.0897 e. The fourth-order valence-electron chi connectivity index (χ4n) is 3.20. The number of rotatable bonds is 11. The van der Waals surface area contributed by atoms with Crippen molar-refractivity contribution in [1.29, 1.82) is 0 Å². The number of aliphatic hydroxyl groups is 1. The van der Waals surface area contributed by atoms with Gasteiger partial charge in [0.1, 0.15) is 0 Å². The Morgan fingerprint density at radius 1 is 1.14 bits per heavy atom. The minimum atomic E-state index is -0.382. The Hall–Kier alpha value is -0.120. The van der Waals surface area contributed by atoms with E-state index in [4.69, 9.17) is 4.74 Å². The van der Waals surface area contributed by atoms with Crippen LogP contribution in [0.5, 0.6) is 0 Å². The van der Waals surface area contributed by atoms with Gasteiger partial charge in [-0.05, 0) is 32.1 Å². The van der Waals surface area contributed by atoms with Gasteiger partial charge >= 0.3 is 0 Å². The molecule has 126 valence electrons. The molecule has 3 nitrogen and oxygen atoms in total. The van der Waals surface area contributed by atoms with Crippen molar-refractivity contribution in [2.45, 2.75) is 90.2 Å². The molecular formula is C18H37NO2. The average Bonchev–Trinajstić information content (AvgIpc) is 2.49. The van der Waals surface area contributed by atoms with Crippen LogP contribution in [0.1, 0.15) is 78.6 Å². The predicted octanol–water partition coefficient (Wildman–Crippen LogP) is 3.89. The van der Waals surface area contributed by atoms with Crippen LogP contribution in [0.4, 0.5) is 0 Å². The number of nitrogens with one attached hydrogen (secondary N) is 1. The summed E-state index contributed by atoms with van der Waals surface area (Å²) in [5.41, 5.74) is 0.228. The van der Waals surface area contributed by atoms with Gasteiger partial charge in [-0.15, -0.1) is 0 Å². The first kappa shape index (κ1) is 18.9. The normalized spacial score (nSPS) is 21.1. The number of aliphatic hydroxyl groups excluding tert-OH is 1. The highest BCUT2D eigenvalue weighted by molar-refractivity contribution is 4.86. The molecule has 0 radical (unpaired) electrons. The van der Waals surface area contributed by atoms with E-state index in [1.165, 1.54) is 57.8 Å². The topological polar surface area (TPSA) is 41.5 Å². The van der Waals surface area contributed by atoms with Crippen molar-refractivity contribution in [2.24, 2.45) is 5.92 Å². The number of β-amino-alcohol motifs (C(OH)–C–C–N with tert-alkyl or cyclic N) is 1. The third-order valence-corrected chi connectivity index (χ3v) is 4.93. The van der Waals surface area contributed by atoms with Gasteiger partial charge in [0.15, 0.2) is 0 Å². The summed E-state index contributed by atoms with van der Waals surface area (Å²) in [4.78, 5) is 0. The molecule has 2 N–H and O–H groups in total. The zero-order valence-electron chi connectivity index (χ0n) is 14.5. The Labute approximate surface area is 131 Å². The van der Waals surface area contributed by atoms with Crippen LogP contribution in [0.3, 0.4) is 0 Å². The van der Waals surface area contributed by atoms with E-state index in [0.29, 0.717) is 19.1 Å². The standard InChI is InChI=1S/C18H37NO2/c1-4-6-10-16(5-2)14-21-15-17(20)13-19-18(3)11-8-7-9-12-18/h16-17,19-20H,4-15H2,1-3H3. The Morgan fingerprint density at radius 3 is 2.48 bits per heavy atom. The van der Waals surface area contributed by atoms with Crippen molar-refractivity contribution >= 4 is 0 Å². The predicted molar refractivity (Wildman–Crippen MR) is 89.6 cm³/mol. The van der Waals surface area contributed by atoms with Gasteiger partial charge in [0.25, 0.3) is 0 Å². The van der Waals surface area contributed by atoms with Gasteiger partial charge in [0.2, 0.25) is 0 Å². The zero-order chi connectivity index (χ0) is 15.6. The maximum absolute atomic E-state index is 10.1. The molecule has 1 rings (SSSR count). The molecule has 0 bridgehead atoms. The Kier molecular flexibility index (Phi) is 9.54. The van der Waals surface area contributed by atoms with Crippen LogP contribution in [0.15, 0.2) is 0 Å². The van der Waals surface area contributed by atoms with Crippen LogP contribution in [0.25, 0.3) is 0 Å². The number of ether oxygens (including phenoxy) is 1. The van der Waals surface area contributed by atoms with Crippen LogP contribution in [0, 0.1) is 5.92 Å². The maximum atomic E-state index is 10.1. The summed E-state index contributed by atoms with van der Waals surface area (Å²) < 4.78 is 5.73. The highest BCUT2D eigenvalue weighted by atomic mass is 16.5. The number of hydrogen-bond donors (Lipinski definition) is 2. The summed E-state index contributed by atoms with van der Waals surface area (Å²) in [5.74, 6) is 0.654. The fourth-order valence-corrected chi connectivity index (χ4v) is 3.20. The first-order chi connectivity index (χ1) is 10.1. The van der Waals surface area contributed by atoms with Crippen LogP contribution in [-0.2, 0) is 4.74 Å². The minimum Gasteiger partial charge on any atom is -0.389 e. The van der Waals surface area contributed by atoms with E-state index in [-0.39, 0.29) is 11.6 Å². The molecule has 1 aliphatic carbocycles. The van der Waals surface area contributed by atoms with Gasteiger partial charge in [0.05, 0.1) is 12.7 Å². The maximum Gasteiger partial charge on any atom is 0.0897 e. The van der Waals surface area contributed by atoms with Crippen LogP contribution >= 0.6 is 0 Å². The molecule has 0 saturated heterocycles. The van der Waals surface area contributed by atoms with Crippen LogP contribution < -0.4 is 5.32 Å². The van der Waals surface area contributed by atoms with E-state index in [1.54, 1.807) is 0 Å². The lowest BCUT2D eigenvalue weighted by Gasteiger charge is -2.35.